The summed E-state index contributed by atoms with van der Waals surface area (Å²) in [5, 5.41) is 1.36. The van der Waals surface area contributed by atoms with Crippen LogP contribution in [-0.4, -0.2) is 5.88 Å². The Bertz CT molecular complexity index is 508. The minimum atomic E-state index is 0.270. The van der Waals surface area contributed by atoms with E-state index in [0.29, 0.717) is 15.9 Å². The summed E-state index contributed by atoms with van der Waals surface area (Å²) in [5.74, 6) is 0.842. The number of rotatable bonds is 4. The van der Waals surface area contributed by atoms with Crippen molar-refractivity contribution in [2.24, 2.45) is 0 Å². The molecule has 0 saturated heterocycles. The lowest BCUT2D eigenvalue weighted by Crippen LogP contribution is -2.05. The number of benzene rings is 2. The average molecular weight is 300 g/mol. The van der Waals surface area contributed by atoms with Gasteiger partial charge in [0.15, 0.2) is 0 Å². The summed E-state index contributed by atoms with van der Waals surface area (Å²) < 4.78 is 0. The normalized spacial score (nSPS) is 12.4. The second-order valence-corrected chi connectivity index (χ2v) is 5.35. The molecule has 0 fully saturated rings. The molecule has 1 unspecified atom stereocenters. The van der Waals surface area contributed by atoms with E-state index in [4.69, 9.17) is 34.8 Å². The van der Waals surface area contributed by atoms with Crippen LogP contribution in [0.3, 0.4) is 0 Å². The fourth-order valence-corrected chi connectivity index (χ4v) is 2.71. The molecule has 0 aliphatic heterocycles. The zero-order chi connectivity index (χ0) is 13.0. The van der Waals surface area contributed by atoms with Gasteiger partial charge in [0.2, 0.25) is 0 Å². The van der Waals surface area contributed by atoms with E-state index in [-0.39, 0.29) is 5.92 Å². The van der Waals surface area contributed by atoms with Gasteiger partial charge in [0.25, 0.3) is 0 Å². The van der Waals surface area contributed by atoms with E-state index in [1.54, 1.807) is 6.07 Å². The lowest BCUT2D eigenvalue weighted by atomic mass is 9.93. The van der Waals surface area contributed by atoms with Crippen LogP contribution in [0.4, 0.5) is 0 Å². The third-order valence-electron chi connectivity index (χ3n) is 2.94. The van der Waals surface area contributed by atoms with Crippen molar-refractivity contribution in [3.05, 3.63) is 69.7 Å². The molecular weight excluding hydrogens is 287 g/mol. The maximum atomic E-state index is 6.19. The van der Waals surface area contributed by atoms with Gasteiger partial charge in [-0.2, -0.15) is 0 Å². The highest BCUT2D eigenvalue weighted by Gasteiger charge is 2.13. The van der Waals surface area contributed by atoms with Crippen LogP contribution >= 0.6 is 34.8 Å². The van der Waals surface area contributed by atoms with Crippen molar-refractivity contribution < 1.29 is 0 Å². The predicted molar refractivity (Wildman–Crippen MR) is 80.1 cm³/mol. The third-order valence-corrected chi connectivity index (χ3v) is 3.90. The SMILES string of the molecule is ClCC(Cc1ccc(Cl)cc1Cl)c1ccccc1. The molecular formula is C15H13Cl3. The monoisotopic (exact) mass is 298 g/mol. The van der Waals surface area contributed by atoms with Crippen molar-refractivity contribution in [2.45, 2.75) is 12.3 Å². The number of halogens is 3. The zero-order valence-electron chi connectivity index (χ0n) is 9.74. The first-order valence-electron chi connectivity index (χ1n) is 5.75. The molecule has 0 spiro atoms. The number of hydrogen-bond acceptors (Lipinski definition) is 0. The quantitative estimate of drug-likeness (QED) is 0.648. The van der Waals surface area contributed by atoms with Gasteiger partial charge in [-0.15, -0.1) is 11.6 Å². The fraction of sp³-hybridized carbons (Fsp3) is 0.200. The standard InChI is InChI=1S/C15H13Cl3/c16-10-13(11-4-2-1-3-5-11)8-12-6-7-14(17)9-15(12)18/h1-7,9,13H,8,10H2. The summed E-state index contributed by atoms with van der Waals surface area (Å²) in [6.07, 6.45) is 0.823. The van der Waals surface area contributed by atoms with E-state index < -0.39 is 0 Å². The summed E-state index contributed by atoms with van der Waals surface area (Å²) in [7, 11) is 0. The third kappa shape index (κ3) is 3.41. The van der Waals surface area contributed by atoms with Gasteiger partial charge in [-0.1, -0.05) is 59.6 Å². The molecule has 0 aromatic heterocycles. The molecule has 0 nitrogen and oxygen atoms in total. The maximum Gasteiger partial charge on any atom is 0.0453 e. The highest BCUT2D eigenvalue weighted by molar-refractivity contribution is 6.35. The minimum Gasteiger partial charge on any atom is -0.126 e. The second-order valence-electron chi connectivity index (χ2n) is 4.20. The van der Waals surface area contributed by atoms with Crippen LogP contribution in [0.5, 0.6) is 0 Å². The number of hydrogen-bond donors (Lipinski definition) is 0. The molecule has 94 valence electrons. The Balaban J connectivity index is 2.21. The van der Waals surface area contributed by atoms with Gasteiger partial charge >= 0.3 is 0 Å². The molecule has 0 aliphatic carbocycles. The summed E-state index contributed by atoms with van der Waals surface area (Å²) in [4.78, 5) is 0. The smallest absolute Gasteiger partial charge is 0.0453 e. The topological polar surface area (TPSA) is 0 Å². The minimum absolute atomic E-state index is 0.270. The fourth-order valence-electron chi connectivity index (χ4n) is 1.94. The Morgan fingerprint density at radius 3 is 2.28 bits per heavy atom. The summed E-state index contributed by atoms with van der Waals surface area (Å²) >= 11 is 18.2. The number of alkyl halides is 1. The first-order valence-corrected chi connectivity index (χ1v) is 7.04. The molecule has 0 bridgehead atoms. The molecule has 3 heteroatoms. The van der Waals surface area contributed by atoms with Crippen LogP contribution in [0, 0.1) is 0 Å². The molecule has 0 N–H and O–H groups in total. The highest BCUT2D eigenvalue weighted by atomic mass is 35.5. The van der Waals surface area contributed by atoms with E-state index in [2.05, 4.69) is 12.1 Å². The first-order chi connectivity index (χ1) is 8.70. The molecule has 2 rings (SSSR count). The lowest BCUT2D eigenvalue weighted by molar-refractivity contribution is 0.766. The molecule has 0 saturated carbocycles. The van der Waals surface area contributed by atoms with Crippen molar-refractivity contribution in [3.63, 3.8) is 0 Å². The van der Waals surface area contributed by atoms with Gasteiger partial charge in [0, 0.05) is 21.8 Å². The van der Waals surface area contributed by atoms with Crippen molar-refractivity contribution in [2.75, 3.05) is 5.88 Å². The summed E-state index contributed by atoms with van der Waals surface area (Å²) in [5.41, 5.74) is 2.31. The van der Waals surface area contributed by atoms with Gasteiger partial charge < -0.3 is 0 Å². The van der Waals surface area contributed by atoms with Gasteiger partial charge in [-0.3, -0.25) is 0 Å². The molecule has 2 aromatic carbocycles. The van der Waals surface area contributed by atoms with Crippen LogP contribution in [-0.2, 0) is 6.42 Å². The molecule has 2 aromatic rings. The molecule has 1 atom stereocenters. The van der Waals surface area contributed by atoms with Crippen LogP contribution in [0.15, 0.2) is 48.5 Å². The van der Waals surface area contributed by atoms with Crippen LogP contribution < -0.4 is 0 Å². The molecule has 18 heavy (non-hydrogen) atoms. The summed E-state index contributed by atoms with van der Waals surface area (Å²) in [6.45, 7) is 0. The highest BCUT2D eigenvalue weighted by Crippen LogP contribution is 2.28. The molecule has 0 amide bonds. The molecule has 0 radical (unpaired) electrons. The average Bonchev–Trinajstić information content (AvgIpc) is 2.39. The largest absolute Gasteiger partial charge is 0.126 e. The van der Waals surface area contributed by atoms with E-state index in [0.717, 1.165) is 12.0 Å². The Labute approximate surface area is 122 Å². The first kappa shape index (κ1) is 13.7. The summed E-state index contributed by atoms with van der Waals surface area (Å²) in [6, 6.07) is 15.8. The van der Waals surface area contributed by atoms with Crippen molar-refractivity contribution in [1.82, 2.24) is 0 Å². The van der Waals surface area contributed by atoms with Gasteiger partial charge in [0.05, 0.1) is 0 Å². The van der Waals surface area contributed by atoms with Crippen LogP contribution in [0.25, 0.3) is 0 Å². The Kier molecular flexibility index (Phi) is 4.94. The maximum absolute atomic E-state index is 6.19. The van der Waals surface area contributed by atoms with Crippen LogP contribution in [0.2, 0.25) is 10.0 Å². The van der Waals surface area contributed by atoms with Gasteiger partial charge in [0.1, 0.15) is 0 Å². The van der Waals surface area contributed by atoms with E-state index in [1.165, 1.54) is 5.56 Å². The Hall–Kier alpha value is -0.690. The second kappa shape index (κ2) is 6.47. The Morgan fingerprint density at radius 2 is 1.67 bits per heavy atom. The predicted octanol–water partition coefficient (Wildman–Crippen LogP) is 5.56. The Morgan fingerprint density at radius 1 is 0.944 bits per heavy atom. The van der Waals surface area contributed by atoms with Crippen molar-refractivity contribution >= 4 is 34.8 Å². The van der Waals surface area contributed by atoms with Gasteiger partial charge in [-0.25, -0.2) is 0 Å². The van der Waals surface area contributed by atoms with Gasteiger partial charge in [-0.05, 0) is 29.7 Å². The molecule has 0 aliphatic rings. The van der Waals surface area contributed by atoms with E-state index >= 15 is 0 Å². The van der Waals surface area contributed by atoms with Crippen molar-refractivity contribution in [1.29, 1.82) is 0 Å². The van der Waals surface area contributed by atoms with Crippen LogP contribution in [0.1, 0.15) is 17.0 Å². The molecule has 0 heterocycles. The van der Waals surface area contributed by atoms with E-state index in [9.17, 15) is 0 Å². The lowest BCUT2D eigenvalue weighted by Gasteiger charge is -2.15. The zero-order valence-corrected chi connectivity index (χ0v) is 12.0. The van der Waals surface area contributed by atoms with E-state index in [1.807, 2.05) is 30.3 Å². The van der Waals surface area contributed by atoms with Crippen molar-refractivity contribution in [3.8, 4) is 0 Å².